The zero-order valence-corrected chi connectivity index (χ0v) is 11.5. The average Bonchev–Trinajstić information content (AvgIpc) is 1.96. The number of guanidine groups is 1. The molecule has 0 atom stereocenters. The largest absolute Gasteiger partial charge is 0.444 e. The average molecular weight is 265 g/mol. The van der Waals surface area contributed by atoms with Crippen LogP contribution < -0.4 is 5.73 Å². The van der Waals surface area contributed by atoms with Gasteiger partial charge in [0.1, 0.15) is 5.60 Å². The standard InChI is InChI=1S/C10H20N4O2.ClH/c1-10(2,3)16-9(15)13(4)7-5-14(6-7)8(11)12;/h7H,5-6H2,1-4H3,(H3,11,12);1H. The third-order valence-corrected chi connectivity index (χ3v) is 2.43. The highest BCUT2D eigenvalue weighted by atomic mass is 35.5. The van der Waals surface area contributed by atoms with Crippen LogP contribution in [0.25, 0.3) is 0 Å². The van der Waals surface area contributed by atoms with E-state index in [9.17, 15) is 4.79 Å². The van der Waals surface area contributed by atoms with Crippen molar-refractivity contribution in [3.05, 3.63) is 0 Å². The van der Waals surface area contributed by atoms with Gasteiger partial charge in [-0.25, -0.2) is 4.79 Å². The Kier molecular flexibility index (Phi) is 5.07. The summed E-state index contributed by atoms with van der Waals surface area (Å²) < 4.78 is 5.24. The Morgan fingerprint density at radius 2 is 1.94 bits per heavy atom. The summed E-state index contributed by atoms with van der Waals surface area (Å²) in [6, 6.07) is 0.0822. The van der Waals surface area contributed by atoms with Gasteiger partial charge in [0.2, 0.25) is 0 Å². The first-order valence-corrected chi connectivity index (χ1v) is 5.25. The van der Waals surface area contributed by atoms with E-state index in [2.05, 4.69) is 0 Å². The number of likely N-dealkylation sites (tertiary alicyclic amines) is 1. The van der Waals surface area contributed by atoms with Crippen LogP contribution in [-0.4, -0.2) is 53.6 Å². The highest BCUT2D eigenvalue weighted by Gasteiger charge is 2.34. The van der Waals surface area contributed by atoms with Gasteiger partial charge in [-0.15, -0.1) is 12.4 Å². The number of ether oxygens (including phenoxy) is 1. The normalized spacial score (nSPS) is 15.6. The molecule has 0 bridgehead atoms. The van der Waals surface area contributed by atoms with Gasteiger partial charge >= 0.3 is 6.09 Å². The van der Waals surface area contributed by atoms with Crippen LogP contribution in [0, 0.1) is 5.41 Å². The van der Waals surface area contributed by atoms with E-state index in [0.29, 0.717) is 13.1 Å². The number of carbonyl (C=O) groups excluding carboxylic acids is 1. The molecule has 0 aromatic heterocycles. The predicted octanol–water partition coefficient (Wildman–Crippen LogP) is 0.853. The Morgan fingerprint density at radius 3 is 2.29 bits per heavy atom. The van der Waals surface area contributed by atoms with Gasteiger partial charge in [0, 0.05) is 20.1 Å². The first-order chi connectivity index (χ1) is 7.20. The molecule has 0 unspecified atom stereocenters. The topological polar surface area (TPSA) is 82.7 Å². The molecule has 0 aromatic carbocycles. The number of likely N-dealkylation sites (N-methyl/N-ethyl adjacent to an activating group) is 1. The summed E-state index contributed by atoms with van der Waals surface area (Å²) in [4.78, 5) is 14.9. The van der Waals surface area contributed by atoms with E-state index in [4.69, 9.17) is 15.9 Å². The summed E-state index contributed by atoms with van der Waals surface area (Å²) in [6.45, 7) is 6.71. The molecule has 1 amide bonds. The highest BCUT2D eigenvalue weighted by Crippen LogP contribution is 2.16. The fourth-order valence-corrected chi connectivity index (χ4v) is 1.38. The van der Waals surface area contributed by atoms with Crippen LogP contribution in [0.1, 0.15) is 20.8 Å². The van der Waals surface area contributed by atoms with Gasteiger partial charge in [0.25, 0.3) is 0 Å². The molecule has 0 spiro atoms. The molecule has 7 heteroatoms. The summed E-state index contributed by atoms with van der Waals surface area (Å²) in [7, 11) is 1.70. The van der Waals surface area contributed by atoms with Crippen molar-refractivity contribution in [2.45, 2.75) is 32.4 Å². The number of nitrogens with two attached hydrogens (primary N) is 1. The van der Waals surface area contributed by atoms with Gasteiger partial charge in [-0.3, -0.25) is 5.41 Å². The van der Waals surface area contributed by atoms with E-state index in [1.54, 1.807) is 16.8 Å². The molecular formula is C10H21ClN4O2. The Hall–Kier alpha value is -1.17. The Bertz CT molecular complexity index is 297. The number of rotatable bonds is 1. The van der Waals surface area contributed by atoms with E-state index in [1.165, 1.54) is 0 Å². The van der Waals surface area contributed by atoms with Crippen molar-refractivity contribution in [2.75, 3.05) is 20.1 Å². The first-order valence-electron chi connectivity index (χ1n) is 5.25. The van der Waals surface area contributed by atoms with Crippen LogP contribution >= 0.6 is 12.4 Å². The zero-order valence-electron chi connectivity index (χ0n) is 10.7. The maximum atomic E-state index is 11.7. The van der Waals surface area contributed by atoms with Gasteiger partial charge < -0.3 is 20.3 Å². The lowest BCUT2D eigenvalue weighted by atomic mass is 10.1. The second-order valence-electron chi connectivity index (χ2n) is 5.04. The lowest BCUT2D eigenvalue weighted by molar-refractivity contribution is 0.00733. The number of halogens is 1. The van der Waals surface area contributed by atoms with Gasteiger partial charge in [-0.2, -0.15) is 0 Å². The summed E-state index contributed by atoms with van der Waals surface area (Å²) in [5, 5.41) is 7.20. The van der Waals surface area contributed by atoms with Crippen molar-refractivity contribution < 1.29 is 9.53 Å². The van der Waals surface area contributed by atoms with E-state index < -0.39 is 5.60 Å². The summed E-state index contributed by atoms with van der Waals surface area (Å²) >= 11 is 0. The van der Waals surface area contributed by atoms with E-state index >= 15 is 0 Å². The van der Waals surface area contributed by atoms with Crippen molar-refractivity contribution in [1.29, 1.82) is 5.41 Å². The van der Waals surface area contributed by atoms with Crippen molar-refractivity contribution in [1.82, 2.24) is 9.80 Å². The monoisotopic (exact) mass is 264 g/mol. The maximum Gasteiger partial charge on any atom is 0.410 e. The molecule has 1 saturated heterocycles. The molecule has 1 rings (SSSR count). The quantitative estimate of drug-likeness (QED) is 0.543. The second-order valence-corrected chi connectivity index (χ2v) is 5.04. The lowest BCUT2D eigenvalue weighted by Gasteiger charge is -2.44. The molecule has 100 valence electrons. The molecule has 1 fully saturated rings. The molecule has 0 aliphatic carbocycles. The summed E-state index contributed by atoms with van der Waals surface area (Å²) in [5.41, 5.74) is 4.84. The third-order valence-electron chi connectivity index (χ3n) is 2.43. The Morgan fingerprint density at radius 1 is 1.47 bits per heavy atom. The summed E-state index contributed by atoms with van der Waals surface area (Å²) in [6.07, 6.45) is -0.333. The second kappa shape index (κ2) is 5.44. The number of nitrogens with one attached hydrogen (secondary N) is 1. The van der Waals surface area contributed by atoms with E-state index in [0.717, 1.165) is 0 Å². The minimum absolute atomic E-state index is 0. The van der Waals surface area contributed by atoms with Crippen LogP contribution in [0.15, 0.2) is 0 Å². The minimum atomic E-state index is -0.477. The lowest BCUT2D eigenvalue weighted by Crippen LogP contribution is -2.63. The molecule has 17 heavy (non-hydrogen) atoms. The Balaban J connectivity index is 0.00000256. The van der Waals surface area contributed by atoms with Crippen LogP contribution in [0.3, 0.4) is 0 Å². The van der Waals surface area contributed by atoms with Crippen molar-refractivity contribution in [3.8, 4) is 0 Å². The van der Waals surface area contributed by atoms with Crippen LogP contribution in [0.4, 0.5) is 4.79 Å². The minimum Gasteiger partial charge on any atom is -0.444 e. The SMILES string of the molecule is CN(C(=O)OC(C)(C)C)C1CN(C(=N)N)C1.Cl. The third kappa shape index (κ3) is 4.30. The highest BCUT2D eigenvalue weighted by molar-refractivity contribution is 5.85. The molecule has 0 radical (unpaired) electrons. The fraction of sp³-hybridized carbons (Fsp3) is 0.800. The molecule has 0 aromatic rings. The summed E-state index contributed by atoms with van der Waals surface area (Å²) in [5.74, 6) is 0.0499. The number of hydrogen-bond donors (Lipinski definition) is 2. The van der Waals surface area contributed by atoms with Gasteiger partial charge in [-0.05, 0) is 20.8 Å². The predicted molar refractivity (Wildman–Crippen MR) is 68.5 cm³/mol. The maximum absolute atomic E-state index is 11.7. The molecule has 3 N–H and O–H groups in total. The molecule has 6 nitrogen and oxygen atoms in total. The molecule has 1 heterocycles. The molecule has 0 saturated carbocycles. The molecular weight excluding hydrogens is 244 g/mol. The molecule has 1 aliphatic rings. The Labute approximate surface area is 108 Å². The van der Waals surface area contributed by atoms with Gasteiger partial charge in [-0.1, -0.05) is 0 Å². The van der Waals surface area contributed by atoms with Gasteiger partial charge in [0.05, 0.1) is 6.04 Å². The smallest absolute Gasteiger partial charge is 0.410 e. The van der Waals surface area contributed by atoms with E-state index in [1.807, 2.05) is 20.8 Å². The fourth-order valence-electron chi connectivity index (χ4n) is 1.38. The first kappa shape index (κ1) is 15.8. The number of amides is 1. The van der Waals surface area contributed by atoms with Crippen LogP contribution in [0.2, 0.25) is 0 Å². The van der Waals surface area contributed by atoms with E-state index in [-0.39, 0.29) is 30.5 Å². The zero-order chi connectivity index (χ0) is 12.5. The van der Waals surface area contributed by atoms with Gasteiger partial charge in [0.15, 0.2) is 5.96 Å². The number of hydrogen-bond acceptors (Lipinski definition) is 3. The van der Waals surface area contributed by atoms with Crippen LogP contribution in [0.5, 0.6) is 0 Å². The van der Waals surface area contributed by atoms with Crippen LogP contribution in [-0.2, 0) is 4.74 Å². The molecule has 1 aliphatic heterocycles. The van der Waals surface area contributed by atoms with Crippen molar-refractivity contribution in [3.63, 3.8) is 0 Å². The number of nitrogens with zero attached hydrogens (tertiary/aromatic N) is 2. The van der Waals surface area contributed by atoms with Crippen molar-refractivity contribution in [2.24, 2.45) is 5.73 Å². The van der Waals surface area contributed by atoms with Crippen molar-refractivity contribution >= 4 is 24.5 Å². The number of carbonyl (C=O) groups is 1.